The first kappa shape index (κ1) is 17.5. The number of carboxylic acid groups (broad SMARTS) is 1. The van der Waals surface area contributed by atoms with Crippen LogP contribution in [-0.4, -0.2) is 16.1 Å². The van der Waals surface area contributed by atoms with Gasteiger partial charge in [-0.25, -0.2) is 4.98 Å². The van der Waals surface area contributed by atoms with Crippen molar-refractivity contribution >= 4 is 39.7 Å². The number of hydrogen-bond donors (Lipinski definition) is 2. The van der Waals surface area contributed by atoms with E-state index in [4.69, 9.17) is 11.6 Å². The van der Waals surface area contributed by atoms with Crippen molar-refractivity contribution in [3.8, 4) is 11.3 Å². The summed E-state index contributed by atoms with van der Waals surface area (Å²) >= 11 is 7.51. The minimum Gasteiger partial charge on any atom is -0.481 e. The molecule has 2 N–H and O–H groups in total. The monoisotopic (exact) mass is 372 g/mol. The molecular weight excluding hydrogens is 356 g/mol. The summed E-state index contributed by atoms with van der Waals surface area (Å²) in [6.07, 6.45) is 0.894. The Balaban J connectivity index is 1.97. The van der Waals surface area contributed by atoms with Gasteiger partial charge in [0.15, 0.2) is 5.13 Å². The first-order chi connectivity index (χ1) is 12.1. The second-order valence-corrected chi connectivity index (χ2v) is 7.01. The molecule has 0 radical (unpaired) electrons. The molecular formula is C19H17ClN2O2S. The molecule has 4 nitrogen and oxygen atoms in total. The topological polar surface area (TPSA) is 62.2 Å². The van der Waals surface area contributed by atoms with E-state index in [9.17, 15) is 9.90 Å². The molecule has 1 aromatic heterocycles. The van der Waals surface area contributed by atoms with Gasteiger partial charge in [-0.3, -0.25) is 4.79 Å². The van der Waals surface area contributed by atoms with E-state index in [1.165, 1.54) is 16.9 Å². The molecule has 25 heavy (non-hydrogen) atoms. The molecule has 0 unspecified atom stereocenters. The quantitative estimate of drug-likeness (QED) is 0.608. The lowest BCUT2D eigenvalue weighted by atomic mass is 10.1. The average Bonchev–Trinajstić information content (AvgIpc) is 2.98. The molecule has 0 aliphatic carbocycles. The molecule has 2 aromatic carbocycles. The number of benzene rings is 2. The van der Waals surface area contributed by atoms with Gasteiger partial charge in [0.05, 0.1) is 22.8 Å². The van der Waals surface area contributed by atoms with Crippen molar-refractivity contribution < 1.29 is 9.90 Å². The van der Waals surface area contributed by atoms with Gasteiger partial charge in [-0.1, -0.05) is 54.9 Å². The van der Waals surface area contributed by atoms with E-state index in [1.54, 1.807) is 6.07 Å². The number of nitrogens with one attached hydrogen (secondary N) is 1. The van der Waals surface area contributed by atoms with E-state index in [-0.39, 0.29) is 6.42 Å². The van der Waals surface area contributed by atoms with Crippen molar-refractivity contribution in [3.05, 3.63) is 64.0 Å². The summed E-state index contributed by atoms with van der Waals surface area (Å²) in [6, 6.07) is 15.4. The van der Waals surface area contributed by atoms with Gasteiger partial charge in [0.25, 0.3) is 0 Å². The molecule has 0 atom stereocenters. The van der Waals surface area contributed by atoms with Crippen molar-refractivity contribution in [1.29, 1.82) is 0 Å². The standard InChI is InChI=1S/C19H17ClN2O2S/c1-2-12-7-9-13(10-8-12)18-16(11-17(23)24)25-19(22-18)21-15-6-4-3-5-14(15)20/h3-10H,2,11H2,1H3,(H,21,22)(H,23,24). The predicted molar refractivity (Wildman–Crippen MR) is 103 cm³/mol. The van der Waals surface area contributed by atoms with E-state index >= 15 is 0 Å². The zero-order chi connectivity index (χ0) is 17.8. The number of hydrogen-bond acceptors (Lipinski definition) is 4. The Morgan fingerprint density at radius 3 is 2.56 bits per heavy atom. The molecule has 1 heterocycles. The van der Waals surface area contributed by atoms with Gasteiger partial charge in [0, 0.05) is 10.4 Å². The molecule has 3 rings (SSSR count). The first-order valence-electron chi connectivity index (χ1n) is 7.89. The molecule has 0 saturated carbocycles. The Kier molecular flexibility index (Phi) is 5.36. The van der Waals surface area contributed by atoms with Crippen LogP contribution >= 0.6 is 22.9 Å². The largest absolute Gasteiger partial charge is 0.481 e. The third-order valence-corrected chi connectivity index (χ3v) is 5.06. The minimum atomic E-state index is -0.876. The molecule has 0 bridgehead atoms. The molecule has 0 saturated heterocycles. The van der Waals surface area contributed by atoms with Crippen molar-refractivity contribution in [2.45, 2.75) is 19.8 Å². The highest BCUT2D eigenvalue weighted by Crippen LogP contribution is 2.34. The lowest BCUT2D eigenvalue weighted by Gasteiger charge is -2.04. The van der Waals surface area contributed by atoms with Crippen LogP contribution in [0.3, 0.4) is 0 Å². The van der Waals surface area contributed by atoms with Gasteiger partial charge in [-0.15, -0.1) is 11.3 Å². The van der Waals surface area contributed by atoms with Gasteiger partial charge in [0.2, 0.25) is 0 Å². The van der Waals surface area contributed by atoms with Crippen molar-refractivity contribution in [3.63, 3.8) is 0 Å². The third-order valence-electron chi connectivity index (χ3n) is 3.76. The maximum absolute atomic E-state index is 11.2. The fraction of sp³-hybridized carbons (Fsp3) is 0.158. The van der Waals surface area contributed by atoms with Crippen LogP contribution in [0.5, 0.6) is 0 Å². The second kappa shape index (κ2) is 7.68. The van der Waals surface area contributed by atoms with E-state index in [0.717, 1.165) is 17.7 Å². The molecule has 3 aromatic rings. The molecule has 0 amide bonds. The third kappa shape index (κ3) is 4.18. The van der Waals surface area contributed by atoms with Crippen LogP contribution in [0.25, 0.3) is 11.3 Å². The number of halogens is 1. The van der Waals surface area contributed by atoms with Crippen LogP contribution in [-0.2, 0) is 17.6 Å². The molecule has 0 spiro atoms. The van der Waals surface area contributed by atoms with E-state index in [2.05, 4.69) is 17.2 Å². The van der Waals surface area contributed by atoms with Crippen molar-refractivity contribution in [1.82, 2.24) is 4.98 Å². The van der Waals surface area contributed by atoms with Gasteiger partial charge in [-0.2, -0.15) is 0 Å². The lowest BCUT2D eigenvalue weighted by molar-refractivity contribution is -0.136. The Labute approximate surface area is 155 Å². The van der Waals surface area contributed by atoms with Crippen LogP contribution in [0.15, 0.2) is 48.5 Å². The highest BCUT2D eigenvalue weighted by Gasteiger charge is 2.16. The number of anilines is 2. The number of para-hydroxylation sites is 1. The second-order valence-electron chi connectivity index (χ2n) is 5.52. The summed E-state index contributed by atoms with van der Waals surface area (Å²) < 4.78 is 0. The van der Waals surface area contributed by atoms with E-state index in [1.807, 2.05) is 42.5 Å². The van der Waals surface area contributed by atoms with E-state index in [0.29, 0.717) is 20.7 Å². The molecule has 0 fully saturated rings. The summed E-state index contributed by atoms with van der Waals surface area (Å²) in [5, 5.41) is 13.6. The van der Waals surface area contributed by atoms with Crippen molar-refractivity contribution in [2.75, 3.05) is 5.32 Å². The average molecular weight is 373 g/mol. The highest BCUT2D eigenvalue weighted by atomic mass is 35.5. The van der Waals surface area contributed by atoms with Crippen LogP contribution in [0.1, 0.15) is 17.4 Å². The number of rotatable bonds is 6. The lowest BCUT2D eigenvalue weighted by Crippen LogP contribution is -1.99. The zero-order valence-corrected chi connectivity index (χ0v) is 15.2. The first-order valence-corrected chi connectivity index (χ1v) is 9.08. The summed E-state index contributed by atoms with van der Waals surface area (Å²) in [7, 11) is 0. The van der Waals surface area contributed by atoms with Gasteiger partial charge in [0.1, 0.15) is 0 Å². The van der Waals surface area contributed by atoms with E-state index < -0.39 is 5.97 Å². The maximum Gasteiger partial charge on any atom is 0.308 e. The van der Waals surface area contributed by atoms with Crippen LogP contribution < -0.4 is 5.32 Å². The highest BCUT2D eigenvalue weighted by molar-refractivity contribution is 7.16. The van der Waals surface area contributed by atoms with Crippen molar-refractivity contribution in [2.24, 2.45) is 0 Å². The smallest absolute Gasteiger partial charge is 0.308 e. The number of carboxylic acids is 1. The molecule has 128 valence electrons. The van der Waals surface area contributed by atoms with Crippen LogP contribution in [0, 0.1) is 0 Å². The van der Waals surface area contributed by atoms with Gasteiger partial charge in [-0.05, 0) is 24.1 Å². The number of nitrogens with zero attached hydrogens (tertiary/aromatic N) is 1. The fourth-order valence-corrected chi connectivity index (χ4v) is 3.63. The minimum absolute atomic E-state index is 0.0628. The summed E-state index contributed by atoms with van der Waals surface area (Å²) in [4.78, 5) is 16.5. The Morgan fingerprint density at radius 1 is 1.20 bits per heavy atom. The summed E-state index contributed by atoms with van der Waals surface area (Å²) in [5.41, 5.74) is 3.59. The SMILES string of the molecule is CCc1ccc(-c2nc(Nc3ccccc3Cl)sc2CC(=O)O)cc1. The number of aromatic nitrogens is 1. The normalized spacial score (nSPS) is 10.6. The fourth-order valence-electron chi connectivity index (χ4n) is 2.46. The van der Waals surface area contributed by atoms with Crippen LogP contribution in [0.4, 0.5) is 10.8 Å². The number of aliphatic carboxylic acids is 1. The molecule has 0 aliphatic rings. The Hall–Kier alpha value is -2.37. The summed E-state index contributed by atoms with van der Waals surface area (Å²) in [5.74, 6) is -0.876. The number of aryl methyl sites for hydroxylation is 1. The van der Waals surface area contributed by atoms with Crippen LogP contribution in [0.2, 0.25) is 5.02 Å². The number of carbonyl (C=O) groups is 1. The maximum atomic E-state index is 11.2. The summed E-state index contributed by atoms with van der Waals surface area (Å²) in [6.45, 7) is 2.10. The predicted octanol–water partition coefficient (Wildman–Crippen LogP) is 5.40. The number of thiazole rings is 1. The zero-order valence-electron chi connectivity index (χ0n) is 13.6. The Morgan fingerprint density at radius 2 is 1.92 bits per heavy atom. The van der Waals surface area contributed by atoms with Gasteiger partial charge >= 0.3 is 5.97 Å². The Bertz CT molecular complexity index is 891. The molecule has 0 aliphatic heterocycles. The molecule has 6 heteroatoms. The van der Waals surface area contributed by atoms with Gasteiger partial charge < -0.3 is 10.4 Å².